The number of nitrogen functional groups attached to an aromatic ring is 1. The average molecular weight is 353 g/mol. The molecule has 1 unspecified atom stereocenters. The van der Waals surface area contributed by atoms with Crippen LogP contribution in [-0.4, -0.2) is 29.5 Å². The van der Waals surface area contributed by atoms with Gasteiger partial charge in [0.25, 0.3) is 5.89 Å². The first-order valence-electron chi connectivity index (χ1n) is 7.81. The first-order chi connectivity index (χ1) is 11.6. The Balaban J connectivity index is 1.61. The Kier molecular flexibility index (Phi) is 3.85. The van der Waals surface area contributed by atoms with E-state index in [0.717, 1.165) is 25.9 Å². The lowest BCUT2D eigenvalue weighted by Crippen LogP contribution is -2.33. The fourth-order valence-electron chi connectivity index (χ4n) is 2.97. The minimum Gasteiger partial charge on any atom is -0.485 e. The second-order valence-electron chi connectivity index (χ2n) is 5.84. The Labute approximate surface area is 142 Å². The SMILES string of the molecule is Nc1c(Cl)ccc2c1OC(c1nn(C3CCNCC3)c(=O)o1)CO2. The number of nitrogens with zero attached hydrogens (tertiary/aromatic N) is 2. The summed E-state index contributed by atoms with van der Waals surface area (Å²) in [6.07, 6.45) is 1.02. The molecule has 8 nitrogen and oxygen atoms in total. The molecule has 128 valence electrons. The van der Waals surface area contributed by atoms with E-state index in [-0.39, 0.29) is 18.5 Å². The number of benzene rings is 1. The minimum absolute atomic E-state index is 0.0348. The maximum absolute atomic E-state index is 12.1. The molecular weight excluding hydrogens is 336 g/mol. The van der Waals surface area contributed by atoms with Gasteiger partial charge in [0.2, 0.25) is 6.10 Å². The summed E-state index contributed by atoms with van der Waals surface area (Å²) in [4.78, 5) is 12.1. The zero-order chi connectivity index (χ0) is 16.7. The molecule has 0 aliphatic carbocycles. The van der Waals surface area contributed by atoms with Gasteiger partial charge in [-0.2, -0.15) is 4.68 Å². The third-order valence-corrected chi connectivity index (χ3v) is 4.60. The van der Waals surface area contributed by atoms with E-state index in [4.69, 9.17) is 31.2 Å². The topological polar surface area (TPSA) is 105 Å². The molecule has 9 heteroatoms. The van der Waals surface area contributed by atoms with Crippen molar-refractivity contribution in [3.05, 3.63) is 33.6 Å². The standard InChI is InChI=1S/C15H17ClN4O4/c16-9-1-2-10-13(12(9)17)23-11(7-22-10)14-19-20(15(21)24-14)8-3-5-18-6-4-8/h1-2,8,11,18H,3-7,17H2. The smallest absolute Gasteiger partial charge is 0.437 e. The Bertz CT molecular complexity index is 812. The lowest BCUT2D eigenvalue weighted by Gasteiger charge is -2.25. The van der Waals surface area contributed by atoms with E-state index in [1.165, 1.54) is 4.68 Å². The summed E-state index contributed by atoms with van der Waals surface area (Å²) in [7, 11) is 0. The van der Waals surface area contributed by atoms with E-state index in [0.29, 0.717) is 22.2 Å². The summed E-state index contributed by atoms with van der Waals surface area (Å²) in [6, 6.07) is 3.37. The first kappa shape index (κ1) is 15.3. The normalized spacial score (nSPS) is 21.0. The highest BCUT2D eigenvalue weighted by Crippen LogP contribution is 2.43. The van der Waals surface area contributed by atoms with Crippen LogP contribution in [-0.2, 0) is 0 Å². The third-order valence-electron chi connectivity index (χ3n) is 4.27. The highest BCUT2D eigenvalue weighted by molar-refractivity contribution is 6.33. The van der Waals surface area contributed by atoms with E-state index in [2.05, 4.69) is 10.4 Å². The number of fused-ring (bicyclic) bond motifs is 1. The molecule has 0 amide bonds. The van der Waals surface area contributed by atoms with Gasteiger partial charge in [0.05, 0.1) is 16.8 Å². The first-order valence-corrected chi connectivity index (χ1v) is 8.19. The van der Waals surface area contributed by atoms with Crippen molar-refractivity contribution in [3.8, 4) is 11.5 Å². The molecule has 0 spiro atoms. The van der Waals surface area contributed by atoms with Crippen LogP contribution in [0.1, 0.15) is 30.9 Å². The van der Waals surface area contributed by atoms with Gasteiger partial charge in [0.1, 0.15) is 6.61 Å². The molecule has 2 aliphatic rings. The zero-order valence-electron chi connectivity index (χ0n) is 12.8. The van der Waals surface area contributed by atoms with Gasteiger partial charge < -0.3 is 24.9 Å². The van der Waals surface area contributed by atoms with Crippen LogP contribution in [0.25, 0.3) is 0 Å². The summed E-state index contributed by atoms with van der Waals surface area (Å²) < 4.78 is 18.2. The number of anilines is 1. The minimum atomic E-state index is -0.645. The number of hydrogen-bond donors (Lipinski definition) is 2. The van der Waals surface area contributed by atoms with Crippen LogP contribution in [0.15, 0.2) is 21.3 Å². The number of halogens is 1. The summed E-state index contributed by atoms with van der Waals surface area (Å²) in [5.74, 6) is 0.556. The monoisotopic (exact) mass is 352 g/mol. The summed E-state index contributed by atoms with van der Waals surface area (Å²) in [5, 5.41) is 7.94. The maximum atomic E-state index is 12.1. The molecule has 3 N–H and O–H groups in total. The van der Waals surface area contributed by atoms with Crippen molar-refractivity contribution in [2.75, 3.05) is 25.4 Å². The molecule has 24 heavy (non-hydrogen) atoms. The van der Waals surface area contributed by atoms with Crippen molar-refractivity contribution in [3.63, 3.8) is 0 Å². The second kappa shape index (κ2) is 6.03. The van der Waals surface area contributed by atoms with E-state index in [1.807, 2.05) is 0 Å². The lowest BCUT2D eigenvalue weighted by molar-refractivity contribution is 0.0711. The largest absolute Gasteiger partial charge is 0.485 e. The van der Waals surface area contributed by atoms with Crippen LogP contribution in [0.5, 0.6) is 11.5 Å². The Morgan fingerprint density at radius 2 is 2.12 bits per heavy atom. The predicted octanol–water partition coefficient (Wildman–Crippen LogP) is 1.51. The van der Waals surface area contributed by atoms with Gasteiger partial charge in [-0.05, 0) is 38.1 Å². The van der Waals surface area contributed by atoms with Gasteiger partial charge >= 0.3 is 5.76 Å². The van der Waals surface area contributed by atoms with E-state index < -0.39 is 11.9 Å². The van der Waals surface area contributed by atoms with E-state index in [1.54, 1.807) is 12.1 Å². The van der Waals surface area contributed by atoms with Crippen LogP contribution in [0.4, 0.5) is 5.69 Å². The summed E-state index contributed by atoms with van der Waals surface area (Å²) in [5.41, 5.74) is 6.22. The second-order valence-corrected chi connectivity index (χ2v) is 6.24. The molecule has 2 aliphatic heterocycles. The molecule has 0 radical (unpaired) electrons. The molecule has 1 fully saturated rings. The maximum Gasteiger partial charge on any atom is 0.437 e. The van der Waals surface area contributed by atoms with Gasteiger partial charge in [-0.25, -0.2) is 4.79 Å². The van der Waals surface area contributed by atoms with Crippen LogP contribution in [0, 0.1) is 0 Å². The van der Waals surface area contributed by atoms with Crippen LogP contribution in [0.3, 0.4) is 0 Å². The predicted molar refractivity (Wildman–Crippen MR) is 86.6 cm³/mol. The van der Waals surface area contributed by atoms with Crippen molar-refractivity contribution in [2.24, 2.45) is 0 Å². The lowest BCUT2D eigenvalue weighted by atomic mass is 10.1. The summed E-state index contributed by atoms with van der Waals surface area (Å²) >= 11 is 6.01. The van der Waals surface area contributed by atoms with Gasteiger partial charge in [-0.1, -0.05) is 11.6 Å². The number of piperidine rings is 1. The fraction of sp³-hybridized carbons (Fsp3) is 0.467. The van der Waals surface area contributed by atoms with E-state index in [9.17, 15) is 4.79 Å². The Morgan fingerprint density at radius 1 is 1.33 bits per heavy atom. The fourth-order valence-corrected chi connectivity index (χ4v) is 3.12. The molecule has 1 aromatic carbocycles. The Morgan fingerprint density at radius 3 is 2.92 bits per heavy atom. The number of hydrogen-bond acceptors (Lipinski definition) is 7. The quantitative estimate of drug-likeness (QED) is 0.789. The molecule has 4 rings (SSSR count). The molecular formula is C15H17ClN4O4. The van der Waals surface area contributed by atoms with Crippen LogP contribution in [0.2, 0.25) is 5.02 Å². The van der Waals surface area contributed by atoms with Crippen LogP contribution < -0.4 is 26.3 Å². The van der Waals surface area contributed by atoms with Crippen molar-refractivity contribution >= 4 is 17.3 Å². The Hall–Kier alpha value is -2.19. The van der Waals surface area contributed by atoms with E-state index >= 15 is 0 Å². The van der Waals surface area contributed by atoms with Crippen LogP contribution >= 0.6 is 11.6 Å². The van der Waals surface area contributed by atoms with Gasteiger partial charge in [0, 0.05) is 0 Å². The summed E-state index contributed by atoms with van der Waals surface area (Å²) in [6.45, 7) is 1.88. The number of rotatable bonds is 2. The third kappa shape index (κ3) is 2.61. The van der Waals surface area contributed by atoms with Gasteiger partial charge in [-0.15, -0.1) is 5.10 Å². The van der Waals surface area contributed by atoms with Crippen molar-refractivity contribution in [1.82, 2.24) is 15.1 Å². The molecule has 0 saturated carbocycles. The van der Waals surface area contributed by atoms with Crippen molar-refractivity contribution in [1.29, 1.82) is 0 Å². The molecule has 1 atom stereocenters. The van der Waals surface area contributed by atoms with Gasteiger partial charge in [0.15, 0.2) is 11.5 Å². The highest BCUT2D eigenvalue weighted by Gasteiger charge is 2.31. The molecule has 1 saturated heterocycles. The highest BCUT2D eigenvalue weighted by atomic mass is 35.5. The number of nitrogens with one attached hydrogen (secondary N) is 1. The van der Waals surface area contributed by atoms with Crippen molar-refractivity contribution < 1.29 is 13.9 Å². The average Bonchev–Trinajstić information content (AvgIpc) is 3.00. The molecule has 1 aromatic heterocycles. The zero-order valence-corrected chi connectivity index (χ0v) is 13.6. The number of nitrogens with two attached hydrogens (primary N) is 1. The molecule has 2 aromatic rings. The molecule has 3 heterocycles. The van der Waals surface area contributed by atoms with Gasteiger partial charge in [-0.3, -0.25) is 0 Å². The molecule has 0 bridgehead atoms. The number of ether oxygens (including phenoxy) is 2. The number of aromatic nitrogens is 2. The van der Waals surface area contributed by atoms with Crippen molar-refractivity contribution in [2.45, 2.75) is 25.0 Å².